The van der Waals surface area contributed by atoms with Crippen LogP contribution in [0.3, 0.4) is 0 Å². The summed E-state index contributed by atoms with van der Waals surface area (Å²) in [6.45, 7) is 4.08. The number of benzene rings is 2. The molecule has 2 heterocycles. The number of nitrogens with zero attached hydrogens (tertiary/aromatic N) is 2. The molecule has 2 aromatic carbocycles. The maximum absolute atomic E-state index is 12.2. The van der Waals surface area contributed by atoms with Crippen molar-refractivity contribution in [1.82, 2.24) is 15.0 Å². The van der Waals surface area contributed by atoms with E-state index in [1.165, 1.54) is 0 Å². The lowest BCUT2D eigenvalue weighted by atomic mass is 10.1. The Morgan fingerprint density at radius 2 is 1.74 bits per heavy atom. The van der Waals surface area contributed by atoms with Gasteiger partial charge >= 0.3 is 0 Å². The highest BCUT2D eigenvalue weighted by molar-refractivity contribution is 5.86. The van der Waals surface area contributed by atoms with Crippen LogP contribution in [0, 0.1) is 0 Å². The molecule has 0 atom stereocenters. The summed E-state index contributed by atoms with van der Waals surface area (Å²) in [5.41, 5.74) is 2.89. The van der Waals surface area contributed by atoms with Crippen LogP contribution in [0.4, 0.5) is 0 Å². The first-order chi connectivity index (χ1) is 11.2. The monoisotopic (exact) mass is 299 g/mol. The van der Waals surface area contributed by atoms with Gasteiger partial charge in [-0.25, -0.2) is 4.98 Å². The van der Waals surface area contributed by atoms with E-state index in [1.807, 2.05) is 48.5 Å². The number of para-hydroxylation sites is 2. The van der Waals surface area contributed by atoms with Crippen LogP contribution >= 0.6 is 0 Å². The number of rotatable bonds is 2. The van der Waals surface area contributed by atoms with Crippen molar-refractivity contribution in [3.05, 3.63) is 89.1 Å². The van der Waals surface area contributed by atoms with Gasteiger partial charge in [0.25, 0.3) is 5.56 Å². The number of fused-ring (bicyclic) bond motifs is 2. The summed E-state index contributed by atoms with van der Waals surface area (Å²) in [5.74, 6) is 0.464. The number of hydrogen-bond acceptors (Lipinski definition) is 3. The van der Waals surface area contributed by atoms with Gasteiger partial charge in [0, 0.05) is 22.7 Å². The zero-order valence-electron chi connectivity index (χ0n) is 12.3. The largest absolute Gasteiger partial charge is 0.306 e. The normalized spacial score (nSPS) is 11.0. The van der Waals surface area contributed by atoms with Crippen LogP contribution in [-0.2, 0) is 0 Å². The molecule has 0 saturated heterocycles. The molecule has 0 saturated carbocycles. The van der Waals surface area contributed by atoms with Crippen LogP contribution in [0.2, 0.25) is 0 Å². The highest BCUT2D eigenvalue weighted by Gasteiger charge is 2.09. The Morgan fingerprint density at radius 3 is 2.61 bits per heavy atom. The lowest BCUT2D eigenvalue weighted by Gasteiger charge is -2.07. The Bertz CT molecular complexity index is 1110. The molecule has 0 aliphatic heterocycles. The first-order valence-electron chi connectivity index (χ1n) is 7.26. The smallest absolute Gasteiger partial charge is 0.259 e. The van der Waals surface area contributed by atoms with Crippen LogP contribution < -0.4 is 5.56 Å². The van der Waals surface area contributed by atoms with Gasteiger partial charge in [0.2, 0.25) is 0 Å². The van der Waals surface area contributed by atoms with Gasteiger partial charge in [-0.15, -0.1) is 0 Å². The first kappa shape index (κ1) is 13.4. The standard InChI is InChI=1S/C19H13N3O/c1-12(14-10-13-6-2-4-8-16(13)20-11-14)18-21-17-9-5-3-7-15(17)19(23)22-18/h2-11H,1H2,(H,21,22,23). The van der Waals surface area contributed by atoms with Crippen molar-refractivity contribution in [3.63, 3.8) is 0 Å². The topological polar surface area (TPSA) is 58.6 Å². The van der Waals surface area contributed by atoms with E-state index in [2.05, 4.69) is 21.5 Å². The average Bonchev–Trinajstić information content (AvgIpc) is 2.60. The Labute approximate surface area is 132 Å². The molecule has 110 valence electrons. The molecule has 0 amide bonds. The second-order valence-electron chi connectivity index (χ2n) is 5.33. The van der Waals surface area contributed by atoms with E-state index in [-0.39, 0.29) is 5.56 Å². The second-order valence-corrected chi connectivity index (χ2v) is 5.33. The SMILES string of the molecule is C=C(c1cnc2ccccc2c1)c1nc2ccccc2c(=O)[nH]1. The van der Waals surface area contributed by atoms with Crippen molar-refractivity contribution >= 4 is 27.4 Å². The maximum atomic E-state index is 12.2. The van der Waals surface area contributed by atoms with E-state index >= 15 is 0 Å². The van der Waals surface area contributed by atoms with Gasteiger partial charge in [0.1, 0.15) is 5.82 Å². The number of hydrogen-bond donors (Lipinski definition) is 1. The highest BCUT2D eigenvalue weighted by Crippen LogP contribution is 2.22. The summed E-state index contributed by atoms with van der Waals surface area (Å²) >= 11 is 0. The van der Waals surface area contributed by atoms with Crippen molar-refractivity contribution in [2.75, 3.05) is 0 Å². The highest BCUT2D eigenvalue weighted by atomic mass is 16.1. The van der Waals surface area contributed by atoms with E-state index in [4.69, 9.17) is 0 Å². The van der Waals surface area contributed by atoms with Crippen LogP contribution in [0.25, 0.3) is 27.4 Å². The average molecular weight is 299 g/mol. The van der Waals surface area contributed by atoms with Gasteiger partial charge in [0.15, 0.2) is 0 Å². The number of pyridine rings is 1. The predicted molar refractivity (Wildman–Crippen MR) is 92.2 cm³/mol. The van der Waals surface area contributed by atoms with Gasteiger partial charge in [0.05, 0.1) is 16.4 Å². The zero-order chi connectivity index (χ0) is 15.8. The van der Waals surface area contributed by atoms with E-state index < -0.39 is 0 Å². The Hall–Kier alpha value is -3.27. The van der Waals surface area contributed by atoms with E-state index in [0.29, 0.717) is 22.3 Å². The first-order valence-corrected chi connectivity index (χ1v) is 7.26. The third-order valence-corrected chi connectivity index (χ3v) is 3.84. The maximum Gasteiger partial charge on any atom is 0.259 e. The van der Waals surface area contributed by atoms with Crippen LogP contribution in [0.5, 0.6) is 0 Å². The van der Waals surface area contributed by atoms with E-state index in [9.17, 15) is 4.79 Å². The molecule has 4 nitrogen and oxygen atoms in total. The molecule has 23 heavy (non-hydrogen) atoms. The molecule has 0 radical (unpaired) electrons. The molecule has 0 aliphatic carbocycles. The summed E-state index contributed by atoms with van der Waals surface area (Å²) in [5, 5.41) is 1.59. The molecule has 4 aromatic rings. The minimum Gasteiger partial charge on any atom is -0.306 e. The number of aromatic amines is 1. The Kier molecular flexibility index (Phi) is 3.01. The molecule has 0 spiro atoms. The number of nitrogens with one attached hydrogen (secondary N) is 1. The van der Waals surface area contributed by atoms with Crippen LogP contribution in [0.1, 0.15) is 11.4 Å². The summed E-state index contributed by atoms with van der Waals surface area (Å²) in [7, 11) is 0. The fourth-order valence-corrected chi connectivity index (χ4v) is 2.60. The van der Waals surface area contributed by atoms with Gasteiger partial charge in [-0.2, -0.15) is 0 Å². The van der Waals surface area contributed by atoms with Crippen molar-refractivity contribution in [2.24, 2.45) is 0 Å². The molecular formula is C19H13N3O. The van der Waals surface area contributed by atoms with Gasteiger partial charge in [-0.1, -0.05) is 36.9 Å². The summed E-state index contributed by atoms with van der Waals surface area (Å²) in [6.07, 6.45) is 1.75. The van der Waals surface area contributed by atoms with Gasteiger partial charge in [-0.05, 0) is 24.3 Å². The number of H-pyrrole nitrogens is 1. The molecule has 4 heteroatoms. The van der Waals surface area contributed by atoms with Crippen molar-refractivity contribution < 1.29 is 0 Å². The molecule has 0 aliphatic rings. The van der Waals surface area contributed by atoms with Crippen LogP contribution in [-0.4, -0.2) is 15.0 Å². The molecule has 2 aromatic heterocycles. The minimum absolute atomic E-state index is 0.166. The molecule has 1 N–H and O–H groups in total. The quantitative estimate of drug-likeness (QED) is 0.616. The lowest BCUT2D eigenvalue weighted by Crippen LogP contribution is -2.11. The summed E-state index contributed by atoms with van der Waals surface area (Å²) in [4.78, 5) is 23.9. The van der Waals surface area contributed by atoms with Crippen molar-refractivity contribution in [3.8, 4) is 0 Å². The third kappa shape index (κ3) is 2.30. The fraction of sp³-hybridized carbons (Fsp3) is 0. The Morgan fingerprint density at radius 1 is 1.00 bits per heavy atom. The molecule has 0 fully saturated rings. The molecule has 0 bridgehead atoms. The number of aromatic nitrogens is 3. The molecule has 4 rings (SSSR count). The third-order valence-electron chi connectivity index (χ3n) is 3.84. The second kappa shape index (κ2) is 5.18. The van der Waals surface area contributed by atoms with Gasteiger partial charge < -0.3 is 4.98 Å². The van der Waals surface area contributed by atoms with E-state index in [1.54, 1.807) is 12.3 Å². The van der Waals surface area contributed by atoms with Crippen molar-refractivity contribution in [1.29, 1.82) is 0 Å². The van der Waals surface area contributed by atoms with Gasteiger partial charge in [-0.3, -0.25) is 9.78 Å². The van der Waals surface area contributed by atoms with Crippen LogP contribution in [0.15, 0.2) is 72.2 Å². The molecular weight excluding hydrogens is 286 g/mol. The Balaban J connectivity index is 1.85. The molecule has 0 unspecified atom stereocenters. The zero-order valence-corrected chi connectivity index (χ0v) is 12.3. The van der Waals surface area contributed by atoms with E-state index in [0.717, 1.165) is 16.5 Å². The summed E-state index contributed by atoms with van der Waals surface area (Å²) in [6, 6.07) is 17.1. The lowest BCUT2D eigenvalue weighted by molar-refractivity contribution is 1.12. The minimum atomic E-state index is -0.166. The summed E-state index contributed by atoms with van der Waals surface area (Å²) < 4.78 is 0. The fourth-order valence-electron chi connectivity index (χ4n) is 2.60. The van der Waals surface area contributed by atoms with Crippen molar-refractivity contribution in [2.45, 2.75) is 0 Å². The predicted octanol–water partition coefficient (Wildman–Crippen LogP) is 3.53.